The Kier molecular flexibility index (Phi) is 4.98. The molecule has 0 fully saturated rings. The van der Waals surface area contributed by atoms with Gasteiger partial charge >= 0.3 is 5.97 Å². The Hall–Kier alpha value is -1.59. The molecule has 1 heterocycles. The first-order valence-electron chi connectivity index (χ1n) is 6.93. The Morgan fingerprint density at radius 3 is 3.00 bits per heavy atom. The number of aliphatic hydroxyl groups is 1. The lowest BCUT2D eigenvalue weighted by Crippen LogP contribution is -2.37. The zero-order chi connectivity index (χ0) is 14.5. The maximum atomic E-state index is 11.3. The minimum Gasteiger partial charge on any atom is -0.482 e. The summed E-state index contributed by atoms with van der Waals surface area (Å²) in [6, 6.07) is 5.81. The molecule has 1 unspecified atom stereocenters. The standard InChI is InChI=1S/C15H21NO4/c1-3-19-15(18)10-20-14-6-4-5-12-9-16(11(2)17)8-7-13(12)14/h4-6,11,17H,3,7-10H2,1-2H3. The van der Waals surface area contributed by atoms with Gasteiger partial charge in [0.15, 0.2) is 6.61 Å². The number of nitrogens with zero attached hydrogens (tertiary/aromatic N) is 1. The van der Waals surface area contributed by atoms with E-state index >= 15 is 0 Å². The van der Waals surface area contributed by atoms with E-state index in [0.717, 1.165) is 29.8 Å². The largest absolute Gasteiger partial charge is 0.482 e. The molecule has 1 aromatic rings. The van der Waals surface area contributed by atoms with Gasteiger partial charge in [0.25, 0.3) is 0 Å². The average molecular weight is 279 g/mol. The molecule has 0 saturated heterocycles. The van der Waals surface area contributed by atoms with Crippen LogP contribution in [-0.2, 0) is 22.5 Å². The van der Waals surface area contributed by atoms with Crippen LogP contribution in [0.4, 0.5) is 0 Å². The molecule has 1 aliphatic heterocycles. The third kappa shape index (κ3) is 3.49. The first-order chi connectivity index (χ1) is 9.61. The van der Waals surface area contributed by atoms with Gasteiger partial charge in [0.2, 0.25) is 0 Å². The molecule has 1 atom stereocenters. The molecule has 20 heavy (non-hydrogen) atoms. The predicted molar refractivity (Wildman–Crippen MR) is 74.4 cm³/mol. The second kappa shape index (κ2) is 6.72. The van der Waals surface area contributed by atoms with E-state index in [2.05, 4.69) is 0 Å². The zero-order valence-corrected chi connectivity index (χ0v) is 12.0. The monoisotopic (exact) mass is 279 g/mol. The van der Waals surface area contributed by atoms with Crippen LogP contribution in [0.15, 0.2) is 18.2 Å². The molecule has 0 spiro atoms. The summed E-state index contributed by atoms with van der Waals surface area (Å²) in [6.45, 7) is 5.32. The van der Waals surface area contributed by atoms with Crippen LogP contribution in [0.1, 0.15) is 25.0 Å². The van der Waals surface area contributed by atoms with Crippen molar-refractivity contribution in [3.05, 3.63) is 29.3 Å². The van der Waals surface area contributed by atoms with E-state index in [0.29, 0.717) is 13.2 Å². The number of esters is 1. The first-order valence-corrected chi connectivity index (χ1v) is 6.93. The number of benzene rings is 1. The van der Waals surface area contributed by atoms with Gasteiger partial charge in [-0.2, -0.15) is 0 Å². The van der Waals surface area contributed by atoms with Crippen molar-refractivity contribution < 1.29 is 19.4 Å². The summed E-state index contributed by atoms with van der Waals surface area (Å²) in [5, 5.41) is 9.64. The molecule has 0 bridgehead atoms. The van der Waals surface area contributed by atoms with Crippen molar-refractivity contribution in [2.45, 2.75) is 33.0 Å². The fourth-order valence-electron chi connectivity index (χ4n) is 2.39. The predicted octanol–water partition coefficient (Wildman–Crippen LogP) is 1.32. The van der Waals surface area contributed by atoms with Crippen LogP contribution in [0.3, 0.4) is 0 Å². The number of ether oxygens (including phenoxy) is 2. The zero-order valence-electron chi connectivity index (χ0n) is 12.0. The summed E-state index contributed by atoms with van der Waals surface area (Å²) in [4.78, 5) is 13.3. The maximum absolute atomic E-state index is 11.3. The van der Waals surface area contributed by atoms with Gasteiger partial charge in [-0.15, -0.1) is 0 Å². The molecule has 2 rings (SSSR count). The Balaban J connectivity index is 2.06. The lowest BCUT2D eigenvalue weighted by molar-refractivity contribution is -0.145. The van der Waals surface area contributed by atoms with Crippen LogP contribution in [-0.4, -0.2) is 42.0 Å². The van der Waals surface area contributed by atoms with E-state index in [1.54, 1.807) is 13.8 Å². The van der Waals surface area contributed by atoms with Gasteiger partial charge in [-0.1, -0.05) is 12.1 Å². The van der Waals surface area contributed by atoms with Crippen molar-refractivity contribution >= 4 is 5.97 Å². The molecule has 0 amide bonds. The summed E-state index contributed by atoms with van der Waals surface area (Å²) >= 11 is 0. The van der Waals surface area contributed by atoms with Crippen LogP contribution in [0, 0.1) is 0 Å². The van der Waals surface area contributed by atoms with E-state index in [-0.39, 0.29) is 12.6 Å². The van der Waals surface area contributed by atoms with Gasteiger partial charge in [-0.05, 0) is 37.5 Å². The van der Waals surface area contributed by atoms with Crippen molar-refractivity contribution in [1.82, 2.24) is 4.90 Å². The quantitative estimate of drug-likeness (QED) is 0.824. The lowest BCUT2D eigenvalue weighted by atomic mass is 9.98. The number of rotatable bonds is 5. The molecule has 0 saturated carbocycles. The van der Waals surface area contributed by atoms with Crippen LogP contribution >= 0.6 is 0 Å². The van der Waals surface area contributed by atoms with Crippen molar-refractivity contribution in [2.75, 3.05) is 19.8 Å². The van der Waals surface area contributed by atoms with Gasteiger partial charge in [0.1, 0.15) is 12.0 Å². The van der Waals surface area contributed by atoms with E-state index < -0.39 is 6.23 Å². The van der Waals surface area contributed by atoms with Crippen molar-refractivity contribution in [3.63, 3.8) is 0 Å². The molecule has 1 N–H and O–H groups in total. The van der Waals surface area contributed by atoms with Gasteiger partial charge in [0, 0.05) is 13.1 Å². The molecule has 110 valence electrons. The average Bonchev–Trinajstić information content (AvgIpc) is 2.44. The van der Waals surface area contributed by atoms with Gasteiger partial charge < -0.3 is 14.6 Å². The number of fused-ring (bicyclic) bond motifs is 1. The topological polar surface area (TPSA) is 59.0 Å². The normalized spacial score (nSPS) is 16.4. The number of hydrogen-bond donors (Lipinski definition) is 1. The molecule has 0 aliphatic carbocycles. The van der Waals surface area contributed by atoms with Crippen LogP contribution in [0.2, 0.25) is 0 Å². The Morgan fingerprint density at radius 2 is 2.30 bits per heavy atom. The summed E-state index contributed by atoms with van der Waals surface area (Å²) in [6.07, 6.45) is 0.353. The highest BCUT2D eigenvalue weighted by atomic mass is 16.6. The molecular formula is C15H21NO4. The van der Waals surface area contributed by atoms with E-state index in [4.69, 9.17) is 9.47 Å². The molecule has 1 aliphatic rings. The molecule has 5 heteroatoms. The molecule has 5 nitrogen and oxygen atoms in total. The van der Waals surface area contributed by atoms with E-state index in [9.17, 15) is 9.90 Å². The Morgan fingerprint density at radius 1 is 1.50 bits per heavy atom. The molecular weight excluding hydrogens is 258 g/mol. The number of carbonyl (C=O) groups is 1. The fourth-order valence-corrected chi connectivity index (χ4v) is 2.39. The highest BCUT2D eigenvalue weighted by Gasteiger charge is 2.22. The summed E-state index contributed by atoms with van der Waals surface area (Å²) in [7, 11) is 0. The molecule has 0 radical (unpaired) electrons. The minimum atomic E-state index is -0.452. The second-order valence-electron chi connectivity index (χ2n) is 4.84. The SMILES string of the molecule is CCOC(=O)COc1cccc2c1CCN(C(C)O)C2. The Bertz CT molecular complexity index is 473. The van der Waals surface area contributed by atoms with Gasteiger partial charge in [-0.3, -0.25) is 4.90 Å². The third-order valence-corrected chi connectivity index (χ3v) is 3.43. The van der Waals surface area contributed by atoms with Crippen LogP contribution in [0.5, 0.6) is 5.75 Å². The molecule has 1 aromatic carbocycles. The lowest BCUT2D eigenvalue weighted by Gasteiger charge is -2.31. The summed E-state index contributed by atoms with van der Waals surface area (Å²) in [5.41, 5.74) is 2.26. The Labute approximate surface area is 119 Å². The second-order valence-corrected chi connectivity index (χ2v) is 4.84. The smallest absolute Gasteiger partial charge is 0.344 e. The molecule has 0 aromatic heterocycles. The van der Waals surface area contributed by atoms with Crippen LogP contribution < -0.4 is 4.74 Å². The number of hydrogen-bond acceptors (Lipinski definition) is 5. The van der Waals surface area contributed by atoms with E-state index in [1.807, 2.05) is 23.1 Å². The fraction of sp³-hybridized carbons (Fsp3) is 0.533. The van der Waals surface area contributed by atoms with Crippen LogP contribution in [0.25, 0.3) is 0 Å². The minimum absolute atomic E-state index is 0.0651. The number of carbonyl (C=O) groups excluding carboxylic acids is 1. The maximum Gasteiger partial charge on any atom is 0.344 e. The highest BCUT2D eigenvalue weighted by Crippen LogP contribution is 2.28. The summed E-state index contributed by atoms with van der Waals surface area (Å²) < 4.78 is 10.4. The third-order valence-electron chi connectivity index (χ3n) is 3.43. The van der Waals surface area contributed by atoms with Crippen molar-refractivity contribution in [2.24, 2.45) is 0 Å². The number of aliphatic hydroxyl groups excluding tert-OH is 1. The van der Waals surface area contributed by atoms with E-state index in [1.165, 1.54) is 0 Å². The van der Waals surface area contributed by atoms with Crippen molar-refractivity contribution in [3.8, 4) is 5.75 Å². The van der Waals surface area contributed by atoms with Crippen molar-refractivity contribution in [1.29, 1.82) is 0 Å². The first kappa shape index (κ1) is 14.8. The highest BCUT2D eigenvalue weighted by molar-refractivity contribution is 5.71. The summed E-state index contributed by atoms with van der Waals surface area (Å²) in [5.74, 6) is 0.382. The van der Waals surface area contributed by atoms with Gasteiger partial charge in [0.05, 0.1) is 6.61 Å². The van der Waals surface area contributed by atoms with Gasteiger partial charge in [-0.25, -0.2) is 4.79 Å².